The van der Waals surface area contributed by atoms with Crippen molar-refractivity contribution >= 4 is 11.7 Å². The smallest absolute Gasteiger partial charge is 0.282 e. The summed E-state index contributed by atoms with van der Waals surface area (Å²) in [6, 6.07) is 9.15. The Morgan fingerprint density at radius 1 is 1.23 bits per heavy atom. The predicted molar refractivity (Wildman–Crippen MR) is 88.3 cm³/mol. The van der Waals surface area contributed by atoms with Crippen LogP contribution in [0.4, 0.5) is 19.0 Å². The zero-order valence-corrected chi connectivity index (χ0v) is 13.9. The van der Waals surface area contributed by atoms with E-state index in [1.54, 1.807) is 37.4 Å². The van der Waals surface area contributed by atoms with Gasteiger partial charge in [0.2, 0.25) is 5.91 Å². The summed E-state index contributed by atoms with van der Waals surface area (Å²) in [7, 11) is 0. The fourth-order valence-electron chi connectivity index (χ4n) is 2.44. The van der Waals surface area contributed by atoms with Crippen molar-refractivity contribution in [2.24, 2.45) is 0 Å². The van der Waals surface area contributed by atoms with Gasteiger partial charge in [0.25, 0.3) is 6.43 Å². The minimum Gasteiger partial charge on any atom is -0.308 e. The first-order valence-electron chi connectivity index (χ1n) is 7.81. The fraction of sp³-hybridized carbons (Fsp3) is 0.235. The largest absolute Gasteiger partial charge is 0.308 e. The molecule has 136 valence electrons. The third-order valence-electron chi connectivity index (χ3n) is 3.72. The van der Waals surface area contributed by atoms with Crippen molar-refractivity contribution in [2.75, 3.05) is 5.32 Å². The van der Waals surface area contributed by atoms with E-state index in [1.807, 2.05) is 0 Å². The summed E-state index contributed by atoms with van der Waals surface area (Å²) < 4.78 is 41.6. The molecule has 0 saturated heterocycles. The highest BCUT2D eigenvalue weighted by molar-refractivity contribution is 5.89. The van der Waals surface area contributed by atoms with E-state index in [2.05, 4.69) is 15.5 Å². The lowest BCUT2D eigenvalue weighted by molar-refractivity contribution is -0.117. The molecule has 0 atom stereocenters. The Hall–Kier alpha value is -3.10. The number of benzene rings is 1. The van der Waals surface area contributed by atoms with E-state index < -0.39 is 12.3 Å². The summed E-state index contributed by atoms with van der Waals surface area (Å²) in [6.07, 6.45) is -1.08. The number of hydrogen-bond acceptors (Lipinski definition) is 3. The van der Waals surface area contributed by atoms with E-state index in [9.17, 15) is 18.0 Å². The van der Waals surface area contributed by atoms with E-state index in [4.69, 9.17) is 0 Å². The summed E-state index contributed by atoms with van der Waals surface area (Å²) in [6.45, 7) is 1.60. The van der Waals surface area contributed by atoms with Crippen LogP contribution in [-0.2, 0) is 17.9 Å². The highest BCUT2D eigenvalue weighted by Gasteiger charge is 2.15. The van der Waals surface area contributed by atoms with Gasteiger partial charge in [-0.3, -0.25) is 14.2 Å². The van der Waals surface area contributed by atoms with Crippen molar-refractivity contribution in [1.29, 1.82) is 0 Å². The standard InChI is InChI=1S/C17H16F3N5O/c1-11-8-14(17(19)20)22-25(11)10-16(26)21-15-6-7-24(23-15)9-12-4-2-3-5-13(12)18/h2-8,17H,9-10H2,1H3,(H,21,23,26). The molecule has 0 aliphatic rings. The van der Waals surface area contributed by atoms with Gasteiger partial charge in [-0.2, -0.15) is 10.2 Å². The van der Waals surface area contributed by atoms with Crippen LogP contribution in [0.15, 0.2) is 42.6 Å². The van der Waals surface area contributed by atoms with Gasteiger partial charge < -0.3 is 5.32 Å². The molecule has 26 heavy (non-hydrogen) atoms. The third kappa shape index (κ3) is 4.11. The van der Waals surface area contributed by atoms with Crippen LogP contribution in [-0.4, -0.2) is 25.5 Å². The summed E-state index contributed by atoms with van der Waals surface area (Å²) in [4.78, 5) is 12.1. The lowest BCUT2D eigenvalue weighted by Gasteiger charge is -2.05. The number of carbonyl (C=O) groups excluding carboxylic acids is 1. The lowest BCUT2D eigenvalue weighted by atomic mass is 10.2. The predicted octanol–water partition coefficient (Wildman–Crippen LogP) is 3.15. The van der Waals surface area contributed by atoms with Crippen LogP contribution in [0.2, 0.25) is 0 Å². The Kier molecular flexibility index (Phi) is 5.06. The van der Waals surface area contributed by atoms with Crippen molar-refractivity contribution in [2.45, 2.75) is 26.4 Å². The maximum Gasteiger partial charge on any atom is 0.282 e. The van der Waals surface area contributed by atoms with Crippen LogP contribution in [0.1, 0.15) is 23.4 Å². The minimum absolute atomic E-state index is 0.210. The Balaban J connectivity index is 1.62. The average molecular weight is 363 g/mol. The highest BCUT2D eigenvalue weighted by atomic mass is 19.3. The molecule has 0 spiro atoms. The molecule has 0 bridgehead atoms. The van der Waals surface area contributed by atoms with Crippen LogP contribution < -0.4 is 5.32 Å². The van der Waals surface area contributed by atoms with Crippen LogP contribution >= 0.6 is 0 Å². The Labute approximate surface area is 147 Å². The number of aromatic nitrogens is 4. The zero-order valence-electron chi connectivity index (χ0n) is 13.9. The molecule has 0 radical (unpaired) electrons. The molecule has 2 heterocycles. The van der Waals surface area contributed by atoms with Crippen molar-refractivity contribution in [3.05, 3.63) is 65.4 Å². The van der Waals surface area contributed by atoms with Crippen molar-refractivity contribution in [3.8, 4) is 0 Å². The second kappa shape index (κ2) is 7.42. The number of aryl methyl sites for hydroxylation is 1. The van der Waals surface area contributed by atoms with Gasteiger partial charge in [-0.25, -0.2) is 13.2 Å². The maximum absolute atomic E-state index is 13.7. The van der Waals surface area contributed by atoms with Gasteiger partial charge in [-0.05, 0) is 19.1 Å². The van der Waals surface area contributed by atoms with E-state index in [0.717, 1.165) is 0 Å². The molecular formula is C17H16F3N5O. The molecule has 0 saturated carbocycles. The summed E-state index contributed by atoms with van der Waals surface area (Å²) in [5, 5.41) is 10.4. The summed E-state index contributed by atoms with van der Waals surface area (Å²) in [5.74, 6) is -0.504. The molecule has 0 fully saturated rings. The van der Waals surface area contributed by atoms with Gasteiger partial charge in [-0.1, -0.05) is 18.2 Å². The first-order valence-corrected chi connectivity index (χ1v) is 7.81. The normalized spacial score (nSPS) is 11.1. The molecule has 9 heteroatoms. The molecule has 1 aromatic carbocycles. The van der Waals surface area contributed by atoms with Crippen LogP contribution in [0.25, 0.3) is 0 Å². The van der Waals surface area contributed by atoms with E-state index in [-0.39, 0.29) is 30.4 Å². The number of rotatable bonds is 6. The van der Waals surface area contributed by atoms with E-state index in [0.29, 0.717) is 11.3 Å². The van der Waals surface area contributed by atoms with Gasteiger partial charge in [0.05, 0.1) is 6.54 Å². The third-order valence-corrected chi connectivity index (χ3v) is 3.72. The Morgan fingerprint density at radius 3 is 2.69 bits per heavy atom. The number of nitrogens with one attached hydrogen (secondary N) is 1. The molecular weight excluding hydrogens is 347 g/mol. The molecule has 3 rings (SSSR count). The number of amides is 1. The first kappa shape index (κ1) is 17.7. The highest BCUT2D eigenvalue weighted by Crippen LogP contribution is 2.18. The molecule has 2 aromatic heterocycles. The van der Waals surface area contributed by atoms with Crippen molar-refractivity contribution < 1.29 is 18.0 Å². The van der Waals surface area contributed by atoms with E-state index in [1.165, 1.54) is 21.5 Å². The van der Waals surface area contributed by atoms with Crippen LogP contribution in [0.3, 0.4) is 0 Å². The van der Waals surface area contributed by atoms with Gasteiger partial charge >= 0.3 is 0 Å². The maximum atomic E-state index is 13.7. The van der Waals surface area contributed by atoms with E-state index >= 15 is 0 Å². The fourth-order valence-corrected chi connectivity index (χ4v) is 2.44. The average Bonchev–Trinajstić information content (AvgIpc) is 3.17. The SMILES string of the molecule is Cc1cc(C(F)F)nn1CC(=O)Nc1ccn(Cc2ccccc2F)n1. The first-order chi connectivity index (χ1) is 12.4. The number of halogens is 3. The number of anilines is 1. The van der Waals surface area contributed by atoms with Gasteiger partial charge in [0.15, 0.2) is 5.82 Å². The molecule has 0 aliphatic heterocycles. The second-order valence-corrected chi connectivity index (χ2v) is 5.71. The Bertz CT molecular complexity index is 919. The topological polar surface area (TPSA) is 64.7 Å². The second-order valence-electron chi connectivity index (χ2n) is 5.71. The summed E-state index contributed by atoms with van der Waals surface area (Å²) in [5.41, 5.74) is 0.560. The Morgan fingerprint density at radius 2 is 2.00 bits per heavy atom. The molecule has 0 unspecified atom stereocenters. The summed E-state index contributed by atoms with van der Waals surface area (Å²) >= 11 is 0. The van der Waals surface area contributed by atoms with Crippen molar-refractivity contribution in [1.82, 2.24) is 19.6 Å². The quantitative estimate of drug-likeness (QED) is 0.732. The zero-order chi connectivity index (χ0) is 18.7. The van der Waals surface area contributed by atoms with Gasteiger partial charge in [0.1, 0.15) is 18.1 Å². The monoisotopic (exact) mass is 363 g/mol. The molecule has 1 amide bonds. The molecule has 0 aliphatic carbocycles. The van der Waals surface area contributed by atoms with Crippen molar-refractivity contribution in [3.63, 3.8) is 0 Å². The number of carbonyl (C=O) groups is 1. The lowest BCUT2D eigenvalue weighted by Crippen LogP contribution is -2.20. The number of nitrogens with zero attached hydrogens (tertiary/aromatic N) is 4. The number of alkyl halides is 2. The van der Waals surface area contributed by atoms with Gasteiger partial charge in [0, 0.05) is 23.5 Å². The van der Waals surface area contributed by atoms with Crippen LogP contribution in [0.5, 0.6) is 0 Å². The van der Waals surface area contributed by atoms with Gasteiger partial charge in [-0.15, -0.1) is 0 Å². The molecule has 6 nitrogen and oxygen atoms in total. The molecule has 3 aromatic rings. The number of hydrogen-bond donors (Lipinski definition) is 1. The molecule has 1 N–H and O–H groups in total. The van der Waals surface area contributed by atoms with Crippen LogP contribution in [0, 0.1) is 12.7 Å². The minimum atomic E-state index is -2.69.